The molecule has 0 saturated carbocycles. The van der Waals surface area contributed by atoms with Gasteiger partial charge in [-0.25, -0.2) is 0 Å². The van der Waals surface area contributed by atoms with Crippen LogP contribution in [0.25, 0.3) is 0 Å². The van der Waals surface area contributed by atoms with E-state index in [0.29, 0.717) is 6.04 Å². The third kappa shape index (κ3) is 2.10. The van der Waals surface area contributed by atoms with Gasteiger partial charge in [0.1, 0.15) is 11.9 Å². The van der Waals surface area contributed by atoms with Crippen molar-refractivity contribution in [2.24, 2.45) is 0 Å². The summed E-state index contributed by atoms with van der Waals surface area (Å²) in [5.41, 5.74) is 6.47. The van der Waals surface area contributed by atoms with Crippen molar-refractivity contribution in [2.45, 2.75) is 45.3 Å². The first kappa shape index (κ1) is 12.8. The summed E-state index contributed by atoms with van der Waals surface area (Å²) in [6, 6.07) is 13.5. The Hall–Kier alpha value is -1.96. The van der Waals surface area contributed by atoms with Gasteiger partial charge in [0.25, 0.3) is 0 Å². The number of ether oxygens (including phenoxy) is 1. The zero-order valence-electron chi connectivity index (χ0n) is 12.6. The van der Waals surface area contributed by atoms with Crippen LogP contribution in [0.1, 0.15) is 41.2 Å². The highest BCUT2D eigenvalue weighted by Gasteiger charge is 2.34. The highest BCUT2D eigenvalue weighted by atomic mass is 16.5. The number of hydrogen-bond acceptors (Lipinski definition) is 2. The minimum absolute atomic E-state index is 0.137. The summed E-state index contributed by atoms with van der Waals surface area (Å²) in [4.78, 5) is 0. The molecule has 1 aliphatic carbocycles. The van der Waals surface area contributed by atoms with E-state index in [9.17, 15) is 0 Å². The maximum Gasteiger partial charge on any atom is 0.146 e. The fourth-order valence-electron chi connectivity index (χ4n) is 3.76. The lowest BCUT2D eigenvalue weighted by Gasteiger charge is -2.36. The average Bonchev–Trinajstić information content (AvgIpc) is 2.64. The van der Waals surface area contributed by atoms with Crippen LogP contribution in [0.5, 0.6) is 5.75 Å². The Morgan fingerprint density at radius 1 is 1.14 bits per heavy atom. The van der Waals surface area contributed by atoms with E-state index in [1.807, 2.05) is 0 Å². The molecule has 1 N–H and O–H groups in total. The first-order chi connectivity index (χ1) is 10.2. The Morgan fingerprint density at radius 2 is 2.00 bits per heavy atom. The number of fused-ring (bicyclic) bond motifs is 4. The van der Waals surface area contributed by atoms with Crippen molar-refractivity contribution in [1.82, 2.24) is 0 Å². The topological polar surface area (TPSA) is 21.3 Å². The smallest absolute Gasteiger partial charge is 0.146 e. The molecular weight excluding hydrogens is 258 g/mol. The van der Waals surface area contributed by atoms with Crippen LogP contribution in [0, 0.1) is 13.8 Å². The molecule has 2 atom stereocenters. The van der Waals surface area contributed by atoms with Crippen LogP contribution in [0.3, 0.4) is 0 Å². The molecule has 2 aliphatic rings. The molecule has 0 aromatic heterocycles. The molecule has 0 amide bonds. The fraction of sp³-hybridized carbons (Fsp3) is 0.368. The largest absolute Gasteiger partial charge is 0.481 e. The van der Waals surface area contributed by atoms with Gasteiger partial charge in [-0.2, -0.15) is 0 Å². The van der Waals surface area contributed by atoms with Crippen LogP contribution in [0.15, 0.2) is 36.4 Å². The van der Waals surface area contributed by atoms with E-state index in [0.717, 1.165) is 24.3 Å². The predicted octanol–water partition coefficient (Wildman–Crippen LogP) is 4.55. The normalized spacial score (nSPS) is 23.0. The summed E-state index contributed by atoms with van der Waals surface area (Å²) in [5, 5.41) is 3.74. The first-order valence-corrected chi connectivity index (χ1v) is 7.84. The monoisotopic (exact) mass is 279 g/mol. The molecule has 4 rings (SSSR count). The fourth-order valence-corrected chi connectivity index (χ4v) is 3.76. The maximum atomic E-state index is 6.47. The van der Waals surface area contributed by atoms with Crippen LogP contribution >= 0.6 is 0 Å². The molecule has 0 saturated heterocycles. The molecule has 2 nitrogen and oxygen atoms in total. The van der Waals surface area contributed by atoms with Crippen molar-refractivity contribution in [3.8, 4) is 5.75 Å². The standard InChI is InChI=1S/C19H21NO/c1-12-10-13(2)18-17(11-12)20-16-9-5-7-14-6-3-4-8-15(14)19(16)21-18/h3-4,6,8,10-11,16,19-20H,5,7,9H2,1-2H3. The van der Waals surface area contributed by atoms with Gasteiger partial charge in [0.15, 0.2) is 0 Å². The van der Waals surface area contributed by atoms with Gasteiger partial charge in [0.2, 0.25) is 0 Å². The number of aryl methyl sites for hydroxylation is 3. The van der Waals surface area contributed by atoms with Gasteiger partial charge in [-0.15, -0.1) is 0 Å². The highest BCUT2D eigenvalue weighted by Crippen LogP contribution is 2.43. The first-order valence-electron chi connectivity index (χ1n) is 7.84. The van der Waals surface area contributed by atoms with E-state index in [1.54, 1.807) is 0 Å². The van der Waals surface area contributed by atoms with Crippen molar-refractivity contribution in [2.75, 3.05) is 5.32 Å². The van der Waals surface area contributed by atoms with Gasteiger partial charge in [-0.3, -0.25) is 0 Å². The molecule has 0 spiro atoms. The molecule has 2 unspecified atom stereocenters. The van der Waals surface area contributed by atoms with Crippen LogP contribution < -0.4 is 10.1 Å². The van der Waals surface area contributed by atoms with E-state index in [2.05, 4.69) is 55.6 Å². The van der Waals surface area contributed by atoms with Gasteiger partial charge < -0.3 is 10.1 Å². The number of nitrogens with one attached hydrogen (secondary N) is 1. The Labute approximate surface area is 126 Å². The molecule has 0 fully saturated rings. The quantitative estimate of drug-likeness (QED) is 0.763. The van der Waals surface area contributed by atoms with Crippen LogP contribution in [0.2, 0.25) is 0 Å². The molecule has 2 aromatic rings. The van der Waals surface area contributed by atoms with Crippen molar-refractivity contribution >= 4 is 5.69 Å². The zero-order valence-corrected chi connectivity index (χ0v) is 12.6. The van der Waals surface area contributed by atoms with Gasteiger partial charge in [-0.1, -0.05) is 30.3 Å². The van der Waals surface area contributed by atoms with E-state index in [4.69, 9.17) is 4.74 Å². The van der Waals surface area contributed by atoms with Crippen LogP contribution in [-0.4, -0.2) is 6.04 Å². The molecule has 0 bridgehead atoms. The summed E-state index contributed by atoms with van der Waals surface area (Å²) in [7, 11) is 0. The number of hydrogen-bond donors (Lipinski definition) is 1. The predicted molar refractivity (Wildman–Crippen MR) is 86.1 cm³/mol. The SMILES string of the molecule is Cc1cc(C)c2c(c1)NC1CCCc3ccccc3C1O2. The molecule has 21 heavy (non-hydrogen) atoms. The summed E-state index contributed by atoms with van der Waals surface area (Å²) in [6.45, 7) is 4.28. The Morgan fingerprint density at radius 3 is 2.90 bits per heavy atom. The van der Waals surface area contributed by atoms with Crippen molar-refractivity contribution in [3.63, 3.8) is 0 Å². The second-order valence-corrected chi connectivity index (χ2v) is 6.34. The lowest BCUT2D eigenvalue weighted by atomic mass is 9.96. The molecule has 2 aromatic carbocycles. The lowest BCUT2D eigenvalue weighted by Crippen LogP contribution is -2.35. The zero-order chi connectivity index (χ0) is 14.4. The van der Waals surface area contributed by atoms with Crippen molar-refractivity contribution < 1.29 is 4.74 Å². The second kappa shape index (κ2) is 4.80. The van der Waals surface area contributed by atoms with Gasteiger partial charge in [-0.05, 0) is 61.4 Å². The molecule has 1 heterocycles. The lowest BCUT2D eigenvalue weighted by molar-refractivity contribution is 0.167. The maximum absolute atomic E-state index is 6.47. The molecule has 2 heteroatoms. The molecule has 1 aliphatic heterocycles. The minimum atomic E-state index is 0.137. The summed E-state index contributed by atoms with van der Waals surface area (Å²) in [5.74, 6) is 1.03. The Kier molecular flexibility index (Phi) is 2.91. The Bertz CT molecular complexity index is 692. The van der Waals surface area contributed by atoms with Crippen molar-refractivity contribution in [3.05, 3.63) is 58.7 Å². The third-order valence-corrected chi connectivity index (χ3v) is 4.69. The highest BCUT2D eigenvalue weighted by molar-refractivity contribution is 5.64. The molecule has 0 radical (unpaired) electrons. The summed E-state index contributed by atoms with van der Waals surface area (Å²) in [6.07, 6.45) is 3.67. The average molecular weight is 279 g/mol. The number of rotatable bonds is 0. The van der Waals surface area contributed by atoms with Crippen LogP contribution in [0.4, 0.5) is 5.69 Å². The third-order valence-electron chi connectivity index (χ3n) is 4.69. The van der Waals surface area contributed by atoms with Gasteiger partial charge in [0, 0.05) is 0 Å². The number of benzene rings is 2. The summed E-state index contributed by atoms with van der Waals surface area (Å²) < 4.78 is 6.47. The van der Waals surface area contributed by atoms with Gasteiger partial charge in [0.05, 0.1) is 11.7 Å². The van der Waals surface area contributed by atoms with Crippen molar-refractivity contribution in [1.29, 1.82) is 0 Å². The summed E-state index contributed by atoms with van der Waals surface area (Å²) >= 11 is 0. The van der Waals surface area contributed by atoms with Gasteiger partial charge >= 0.3 is 0 Å². The van der Waals surface area contributed by atoms with E-state index >= 15 is 0 Å². The van der Waals surface area contributed by atoms with E-state index < -0.39 is 0 Å². The molecule has 108 valence electrons. The minimum Gasteiger partial charge on any atom is -0.481 e. The van der Waals surface area contributed by atoms with E-state index in [1.165, 1.54) is 28.7 Å². The second-order valence-electron chi connectivity index (χ2n) is 6.34. The molecular formula is C19H21NO. The van der Waals surface area contributed by atoms with Crippen LogP contribution in [-0.2, 0) is 6.42 Å². The Balaban J connectivity index is 1.81. The number of anilines is 1. The van der Waals surface area contributed by atoms with E-state index in [-0.39, 0.29) is 6.10 Å².